The van der Waals surface area contributed by atoms with E-state index in [1.807, 2.05) is 18.9 Å². The van der Waals surface area contributed by atoms with Gasteiger partial charge in [0.15, 0.2) is 5.75 Å². The summed E-state index contributed by atoms with van der Waals surface area (Å²) in [4.78, 5) is 23.7. The lowest BCUT2D eigenvalue weighted by Crippen LogP contribution is -2.34. The summed E-state index contributed by atoms with van der Waals surface area (Å²) in [7, 11) is 1.83. The van der Waals surface area contributed by atoms with Gasteiger partial charge >= 0.3 is 18.3 Å². The zero-order valence-electron chi connectivity index (χ0n) is 26.9. The maximum Gasteiger partial charge on any atom is 0.416 e. The number of ether oxygens (including phenoxy) is 2. The van der Waals surface area contributed by atoms with Crippen LogP contribution in [0.5, 0.6) is 5.75 Å². The van der Waals surface area contributed by atoms with Crippen LogP contribution in [0.4, 0.5) is 38.0 Å². The van der Waals surface area contributed by atoms with E-state index < -0.39 is 23.5 Å². The molecule has 1 aromatic heterocycles. The summed E-state index contributed by atoms with van der Waals surface area (Å²) in [5.41, 5.74) is -1.19. The SMILES string of the molecule is CCOC(=O)CCCOc1cnc(N(Cc2cc(C#N)cc(C(F)(F)F)c2)Cc2cc(C(F)(F)F)ccc2N(C)C(CC)C2CC2)nc1. The molecule has 2 aromatic carbocycles. The van der Waals surface area contributed by atoms with E-state index in [1.165, 1.54) is 29.4 Å². The molecule has 0 amide bonds. The zero-order chi connectivity index (χ0) is 35.1. The Morgan fingerprint density at radius 3 is 2.27 bits per heavy atom. The number of carbonyl (C=O) groups is 1. The number of halogens is 6. The molecule has 1 aliphatic rings. The number of carbonyl (C=O) groups excluding carboxylic acids is 1. The van der Waals surface area contributed by atoms with Gasteiger partial charge in [0.2, 0.25) is 5.95 Å². The molecule has 8 nitrogen and oxygen atoms in total. The van der Waals surface area contributed by atoms with Crippen LogP contribution >= 0.6 is 0 Å². The number of nitrogens with zero attached hydrogens (tertiary/aromatic N) is 5. The van der Waals surface area contributed by atoms with Crippen LogP contribution < -0.4 is 14.5 Å². The molecule has 0 N–H and O–H groups in total. The lowest BCUT2D eigenvalue weighted by Gasteiger charge is -2.33. The normalized spacial score (nSPS) is 13.8. The van der Waals surface area contributed by atoms with Crippen LogP contribution in [0.1, 0.15) is 73.8 Å². The maximum atomic E-state index is 13.9. The van der Waals surface area contributed by atoms with Gasteiger partial charge in [-0.15, -0.1) is 0 Å². The number of hydrogen-bond acceptors (Lipinski definition) is 8. The van der Waals surface area contributed by atoms with Gasteiger partial charge in [-0.2, -0.15) is 31.6 Å². The number of aromatic nitrogens is 2. The molecule has 0 radical (unpaired) electrons. The van der Waals surface area contributed by atoms with Gasteiger partial charge in [-0.05, 0) is 86.1 Å². The quantitative estimate of drug-likeness (QED) is 0.0910. The van der Waals surface area contributed by atoms with Crippen LogP contribution in [-0.2, 0) is 35.0 Å². The molecule has 0 spiro atoms. The number of hydrogen-bond donors (Lipinski definition) is 0. The van der Waals surface area contributed by atoms with E-state index in [2.05, 4.69) is 9.97 Å². The average molecular weight is 678 g/mol. The van der Waals surface area contributed by atoms with Crippen LogP contribution in [0, 0.1) is 17.2 Å². The fourth-order valence-electron chi connectivity index (χ4n) is 5.64. The minimum absolute atomic E-state index is 0.0186. The van der Waals surface area contributed by atoms with Crippen LogP contribution in [0.3, 0.4) is 0 Å². The van der Waals surface area contributed by atoms with Crippen molar-refractivity contribution < 1.29 is 40.6 Å². The molecule has 3 aromatic rings. The minimum Gasteiger partial charge on any atom is -0.490 e. The van der Waals surface area contributed by atoms with Crippen molar-refractivity contribution in [1.82, 2.24) is 9.97 Å². The Morgan fingerprint density at radius 1 is 1.00 bits per heavy atom. The summed E-state index contributed by atoms with van der Waals surface area (Å²) in [5.74, 6) is 0.321. The lowest BCUT2D eigenvalue weighted by atomic mass is 10.0. The van der Waals surface area contributed by atoms with Gasteiger partial charge in [-0.1, -0.05) is 6.92 Å². The molecule has 0 aliphatic heterocycles. The van der Waals surface area contributed by atoms with Crippen LogP contribution in [0.25, 0.3) is 0 Å². The second-order valence-corrected chi connectivity index (χ2v) is 11.6. The molecule has 1 heterocycles. The van der Waals surface area contributed by atoms with E-state index in [0.29, 0.717) is 18.0 Å². The fourth-order valence-corrected chi connectivity index (χ4v) is 5.64. The van der Waals surface area contributed by atoms with Crippen LogP contribution in [0.2, 0.25) is 0 Å². The van der Waals surface area contributed by atoms with Crippen molar-refractivity contribution >= 4 is 17.6 Å². The molecule has 48 heavy (non-hydrogen) atoms. The Morgan fingerprint density at radius 2 is 1.69 bits per heavy atom. The Bertz CT molecular complexity index is 1590. The molecular weight excluding hydrogens is 640 g/mol. The summed E-state index contributed by atoms with van der Waals surface area (Å²) >= 11 is 0. The number of rotatable bonds is 15. The van der Waals surface area contributed by atoms with Crippen LogP contribution in [0.15, 0.2) is 48.8 Å². The molecular formula is C34H37F6N5O3. The van der Waals surface area contributed by atoms with E-state index in [-0.39, 0.29) is 73.1 Å². The summed E-state index contributed by atoms with van der Waals surface area (Å²) in [6.07, 6.45) is -3.36. The average Bonchev–Trinajstić information content (AvgIpc) is 3.88. The van der Waals surface area contributed by atoms with Gasteiger partial charge in [0, 0.05) is 38.3 Å². The Kier molecular flexibility index (Phi) is 11.8. The minimum atomic E-state index is -4.73. The standard InChI is InChI=1S/C34H37F6N5O3/c1-4-29(24-8-9-24)44(3)30-11-10-26(33(35,36)37)16-25(30)21-45(20-23-13-22(17-41)14-27(15-23)34(38,39)40)32-42-18-28(19-43-32)48-12-6-7-31(46)47-5-2/h10-11,13-16,18-19,24,29H,4-9,12,20-21H2,1-3H3. The number of esters is 1. The van der Waals surface area contributed by atoms with Crippen molar-refractivity contribution in [2.45, 2.75) is 77.4 Å². The highest BCUT2D eigenvalue weighted by molar-refractivity contribution is 5.69. The number of nitriles is 1. The van der Waals surface area contributed by atoms with Crippen LogP contribution in [-0.4, -0.2) is 42.2 Å². The first kappa shape index (κ1) is 36.3. The van der Waals surface area contributed by atoms with Crippen molar-refractivity contribution in [1.29, 1.82) is 5.26 Å². The molecule has 4 rings (SSSR count). The van der Waals surface area contributed by atoms with Crippen molar-refractivity contribution in [2.24, 2.45) is 5.92 Å². The highest BCUT2D eigenvalue weighted by Crippen LogP contribution is 2.40. The molecule has 1 fully saturated rings. The number of alkyl halides is 6. The largest absolute Gasteiger partial charge is 0.490 e. The summed E-state index contributed by atoms with van der Waals surface area (Å²) in [5, 5.41) is 9.44. The van der Waals surface area contributed by atoms with Gasteiger partial charge in [0.25, 0.3) is 0 Å². The maximum absolute atomic E-state index is 13.9. The smallest absolute Gasteiger partial charge is 0.416 e. The third-order valence-electron chi connectivity index (χ3n) is 8.05. The zero-order valence-corrected chi connectivity index (χ0v) is 26.9. The third-order valence-corrected chi connectivity index (χ3v) is 8.05. The number of anilines is 2. The summed E-state index contributed by atoms with van der Waals surface area (Å²) in [6.45, 7) is 3.70. The van der Waals surface area contributed by atoms with E-state index in [0.717, 1.165) is 43.5 Å². The summed E-state index contributed by atoms with van der Waals surface area (Å²) < 4.78 is 93.5. The van der Waals surface area contributed by atoms with Gasteiger partial charge in [0.05, 0.1) is 48.4 Å². The summed E-state index contributed by atoms with van der Waals surface area (Å²) in [6, 6.07) is 8.26. The molecule has 1 atom stereocenters. The Hall–Kier alpha value is -4.54. The van der Waals surface area contributed by atoms with E-state index in [9.17, 15) is 36.4 Å². The highest BCUT2D eigenvalue weighted by atomic mass is 19.4. The Balaban J connectivity index is 1.70. The first-order valence-corrected chi connectivity index (χ1v) is 15.6. The lowest BCUT2D eigenvalue weighted by molar-refractivity contribution is -0.143. The monoisotopic (exact) mass is 677 g/mol. The molecule has 1 aliphatic carbocycles. The molecule has 0 saturated heterocycles. The Labute approximate surface area is 275 Å². The highest BCUT2D eigenvalue weighted by Gasteiger charge is 2.36. The predicted molar refractivity (Wildman–Crippen MR) is 166 cm³/mol. The van der Waals surface area contributed by atoms with Crippen molar-refractivity contribution in [3.05, 3.63) is 76.6 Å². The third kappa shape index (κ3) is 9.74. The van der Waals surface area contributed by atoms with Gasteiger partial charge < -0.3 is 19.3 Å². The van der Waals surface area contributed by atoms with Crippen molar-refractivity contribution in [2.75, 3.05) is 30.1 Å². The van der Waals surface area contributed by atoms with E-state index in [4.69, 9.17) is 9.47 Å². The van der Waals surface area contributed by atoms with Gasteiger partial charge in [0.1, 0.15) is 0 Å². The van der Waals surface area contributed by atoms with Gasteiger partial charge in [-0.25, -0.2) is 9.97 Å². The first-order valence-electron chi connectivity index (χ1n) is 15.6. The van der Waals surface area contributed by atoms with E-state index >= 15 is 0 Å². The van der Waals surface area contributed by atoms with Gasteiger partial charge in [-0.3, -0.25) is 4.79 Å². The second-order valence-electron chi connectivity index (χ2n) is 11.6. The van der Waals surface area contributed by atoms with Crippen molar-refractivity contribution in [3.63, 3.8) is 0 Å². The molecule has 1 unspecified atom stereocenters. The van der Waals surface area contributed by atoms with Crippen molar-refractivity contribution in [3.8, 4) is 11.8 Å². The molecule has 1 saturated carbocycles. The molecule has 0 bridgehead atoms. The molecule has 258 valence electrons. The predicted octanol–water partition coefficient (Wildman–Crippen LogP) is 7.94. The second kappa shape index (κ2) is 15.6. The first-order chi connectivity index (χ1) is 22.7. The topological polar surface area (TPSA) is 91.6 Å². The van der Waals surface area contributed by atoms with E-state index in [1.54, 1.807) is 13.0 Å². The number of benzene rings is 2. The fraction of sp³-hybridized carbons (Fsp3) is 0.471. The molecule has 14 heteroatoms.